The van der Waals surface area contributed by atoms with Crippen LogP contribution in [0.3, 0.4) is 0 Å². The van der Waals surface area contributed by atoms with E-state index in [0.717, 1.165) is 17.1 Å². The standard InChI is InChI=1S/C21H26N2O6S/c1-4-29-17-9-7-16(8-10-17)23(14-21(24)22-15-5-6-15)30(25,26)18-11-12-19(27-2)20(13-18)28-3/h7-13,15H,4-6,14H2,1-3H3,(H,22,24). The zero-order chi connectivity index (χ0) is 21.7. The summed E-state index contributed by atoms with van der Waals surface area (Å²) in [5.41, 5.74) is 0.360. The van der Waals surface area contributed by atoms with Crippen molar-refractivity contribution in [2.75, 3.05) is 31.7 Å². The minimum absolute atomic E-state index is 0.00624. The van der Waals surface area contributed by atoms with Crippen LogP contribution >= 0.6 is 0 Å². The molecule has 0 radical (unpaired) electrons. The Labute approximate surface area is 176 Å². The molecule has 162 valence electrons. The molecule has 0 spiro atoms. The minimum atomic E-state index is -4.05. The van der Waals surface area contributed by atoms with E-state index in [1.807, 2.05) is 6.92 Å². The van der Waals surface area contributed by atoms with Gasteiger partial charge in [-0.15, -0.1) is 0 Å². The second kappa shape index (κ2) is 9.25. The summed E-state index contributed by atoms with van der Waals surface area (Å²) < 4.78 is 43.9. The first kappa shape index (κ1) is 21.8. The molecule has 8 nitrogen and oxygen atoms in total. The smallest absolute Gasteiger partial charge is 0.264 e. The molecular weight excluding hydrogens is 408 g/mol. The van der Waals surface area contributed by atoms with Gasteiger partial charge in [-0.3, -0.25) is 9.10 Å². The summed E-state index contributed by atoms with van der Waals surface area (Å²) >= 11 is 0. The van der Waals surface area contributed by atoms with Crippen LogP contribution in [-0.4, -0.2) is 47.7 Å². The number of sulfonamides is 1. The molecule has 30 heavy (non-hydrogen) atoms. The summed E-state index contributed by atoms with van der Waals surface area (Å²) in [6.45, 7) is 2.03. The van der Waals surface area contributed by atoms with Crippen LogP contribution in [0.5, 0.6) is 17.2 Å². The third-order valence-corrected chi connectivity index (χ3v) is 6.38. The molecular formula is C21H26N2O6S. The van der Waals surface area contributed by atoms with Gasteiger partial charge >= 0.3 is 0 Å². The van der Waals surface area contributed by atoms with Crippen molar-refractivity contribution in [2.45, 2.75) is 30.7 Å². The second-order valence-corrected chi connectivity index (χ2v) is 8.66. The van der Waals surface area contributed by atoms with E-state index >= 15 is 0 Å². The second-order valence-electron chi connectivity index (χ2n) is 6.80. The van der Waals surface area contributed by atoms with E-state index < -0.39 is 10.0 Å². The lowest BCUT2D eigenvalue weighted by Crippen LogP contribution is -2.41. The van der Waals surface area contributed by atoms with Gasteiger partial charge in [0, 0.05) is 12.1 Å². The van der Waals surface area contributed by atoms with Crippen LogP contribution in [-0.2, 0) is 14.8 Å². The minimum Gasteiger partial charge on any atom is -0.494 e. The number of nitrogens with one attached hydrogen (secondary N) is 1. The summed E-state index contributed by atoms with van der Waals surface area (Å²) in [5.74, 6) is 0.964. The van der Waals surface area contributed by atoms with Gasteiger partial charge in [-0.05, 0) is 56.2 Å². The maximum absolute atomic E-state index is 13.5. The summed E-state index contributed by atoms with van der Waals surface area (Å²) in [7, 11) is -1.15. The SMILES string of the molecule is CCOc1ccc(N(CC(=O)NC2CC2)S(=O)(=O)c2ccc(OC)c(OC)c2)cc1. The molecule has 1 N–H and O–H groups in total. The van der Waals surface area contributed by atoms with Crippen LogP contribution in [0.2, 0.25) is 0 Å². The van der Waals surface area contributed by atoms with Crippen molar-refractivity contribution in [1.82, 2.24) is 5.32 Å². The van der Waals surface area contributed by atoms with Crippen molar-refractivity contribution in [3.05, 3.63) is 42.5 Å². The highest BCUT2D eigenvalue weighted by Crippen LogP contribution is 2.32. The highest BCUT2D eigenvalue weighted by molar-refractivity contribution is 7.92. The van der Waals surface area contributed by atoms with E-state index in [1.165, 1.54) is 32.4 Å². The predicted molar refractivity (Wildman–Crippen MR) is 113 cm³/mol. The molecule has 0 aliphatic heterocycles. The summed E-state index contributed by atoms with van der Waals surface area (Å²) in [6.07, 6.45) is 1.83. The number of carbonyl (C=O) groups is 1. The van der Waals surface area contributed by atoms with E-state index in [9.17, 15) is 13.2 Å². The average molecular weight is 435 g/mol. The lowest BCUT2D eigenvalue weighted by atomic mass is 10.3. The molecule has 1 fully saturated rings. The quantitative estimate of drug-likeness (QED) is 0.618. The van der Waals surface area contributed by atoms with Crippen LogP contribution in [0.4, 0.5) is 5.69 Å². The van der Waals surface area contributed by atoms with E-state index in [1.54, 1.807) is 24.3 Å². The molecule has 3 rings (SSSR count). The Morgan fingerprint density at radius 1 is 1.07 bits per heavy atom. The molecule has 0 heterocycles. The number of carbonyl (C=O) groups excluding carboxylic acids is 1. The molecule has 1 saturated carbocycles. The molecule has 0 unspecified atom stereocenters. The molecule has 0 atom stereocenters. The van der Waals surface area contributed by atoms with Gasteiger partial charge in [-0.1, -0.05) is 0 Å². The topological polar surface area (TPSA) is 94.2 Å². The summed E-state index contributed by atoms with van der Waals surface area (Å²) in [5, 5.41) is 2.84. The number of nitrogens with zero attached hydrogens (tertiary/aromatic N) is 1. The molecule has 2 aromatic rings. The van der Waals surface area contributed by atoms with E-state index in [4.69, 9.17) is 14.2 Å². The Hall–Kier alpha value is -2.94. The van der Waals surface area contributed by atoms with E-state index in [0.29, 0.717) is 23.8 Å². The van der Waals surface area contributed by atoms with Gasteiger partial charge in [0.15, 0.2) is 11.5 Å². The van der Waals surface area contributed by atoms with Gasteiger partial charge in [0.05, 0.1) is 31.4 Å². The van der Waals surface area contributed by atoms with Crippen molar-refractivity contribution < 1.29 is 27.4 Å². The molecule has 0 aromatic heterocycles. The number of methoxy groups -OCH3 is 2. The predicted octanol–water partition coefficient (Wildman–Crippen LogP) is 2.58. The number of hydrogen-bond donors (Lipinski definition) is 1. The van der Waals surface area contributed by atoms with E-state index in [-0.39, 0.29) is 29.1 Å². The zero-order valence-electron chi connectivity index (χ0n) is 17.3. The van der Waals surface area contributed by atoms with Crippen molar-refractivity contribution >= 4 is 21.6 Å². The summed E-state index contributed by atoms with van der Waals surface area (Å²) in [6, 6.07) is 11.0. The van der Waals surface area contributed by atoms with Crippen LogP contribution in [0.25, 0.3) is 0 Å². The van der Waals surface area contributed by atoms with Crippen molar-refractivity contribution in [2.24, 2.45) is 0 Å². The lowest BCUT2D eigenvalue weighted by molar-refractivity contribution is -0.119. The number of hydrogen-bond acceptors (Lipinski definition) is 6. The molecule has 2 aromatic carbocycles. The van der Waals surface area contributed by atoms with Gasteiger partial charge in [-0.2, -0.15) is 0 Å². The highest BCUT2D eigenvalue weighted by atomic mass is 32.2. The van der Waals surface area contributed by atoms with Crippen molar-refractivity contribution in [1.29, 1.82) is 0 Å². The third-order valence-electron chi connectivity index (χ3n) is 4.61. The maximum Gasteiger partial charge on any atom is 0.264 e. The molecule has 0 bridgehead atoms. The molecule has 1 aliphatic carbocycles. The number of ether oxygens (including phenoxy) is 3. The number of anilines is 1. The van der Waals surface area contributed by atoms with Crippen LogP contribution in [0.1, 0.15) is 19.8 Å². The Balaban J connectivity index is 1.97. The third kappa shape index (κ3) is 4.96. The van der Waals surface area contributed by atoms with Crippen molar-refractivity contribution in [3.63, 3.8) is 0 Å². The van der Waals surface area contributed by atoms with Gasteiger partial charge in [0.1, 0.15) is 12.3 Å². The lowest BCUT2D eigenvalue weighted by Gasteiger charge is -2.24. The Bertz CT molecular complexity index is 987. The molecule has 9 heteroatoms. The Morgan fingerprint density at radius 3 is 2.30 bits per heavy atom. The number of amides is 1. The van der Waals surface area contributed by atoms with Gasteiger partial charge in [0.25, 0.3) is 10.0 Å². The van der Waals surface area contributed by atoms with Crippen LogP contribution < -0.4 is 23.8 Å². The van der Waals surface area contributed by atoms with E-state index in [2.05, 4.69) is 5.32 Å². The number of benzene rings is 2. The highest BCUT2D eigenvalue weighted by Gasteiger charge is 2.30. The van der Waals surface area contributed by atoms with Gasteiger partial charge < -0.3 is 19.5 Å². The monoisotopic (exact) mass is 434 g/mol. The maximum atomic E-state index is 13.5. The molecule has 0 saturated heterocycles. The first-order valence-corrected chi connectivity index (χ1v) is 11.1. The largest absolute Gasteiger partial charge is 0.494 e. The normalized spacial score (nSPS) is 13.4. The Kier molecular flexibility index (Phi) is 6.71. The fourth-order valence-electron chi connectivity index (χ4n) is 2.93. The Morgan fingerprint density at radius 2 is 1.73 bits per heavy atom. The van der Waals surface area contributed by atoms with Crippen LogP contribution in [0, 0.1) is 0 Å². The van der Waals surface area contributed by atoms with Crippen molar-refractivity contribution in [3.8, 4) is 17.2 Å². The van der Waals surface area contributed by atoms with Gasteiger partial charge in [0.2, 0.25) is 5.91 Å². The first-order valence-electron chi connectivity index (χ1n) is 9.66. The first-order chi connectivity index (χ1) is 14.4. The fraction of sp³-hybridized carbons (Fsp3) is 0.381. The molecule has 1 aliphatic rings. The fourth-order valence-corrected chi connectivity index (χ4v) is 4.36. The van der Waals surface area contributed by atoms with Gasteiger partial charge in [-0.25, -0.2) is 8.42 Å². The zero-order valence-corrected chi connectivity index (χ0v) is 18.1. The van der Waals surface area contributed by atoms with Crippen LogP contribution in [0.15, 0.2) is 47.4 Å². The molecule has 1 amide bonds. The summed E-state index contributed by atoms with van der Waals surface area (Å²) in [4.78, 5) is 12.5. The average Bonchev–Trinajstić information content (AvgIpc) is 3.56. The number of rotatable bonds is 10.